The molecule has 1 aliphatic rings. The maximum Gasteiger partial charge on any atom is 0.315 e. The van der Waals surface area contributed by atoms with Crippen molar-refractivity contribution in [2.75, 3.05) is 0 Å². The summed E-state index contributed by atoms with van der Waals surface area (Å²) in [7, 11) is 0. The van der Waals surface area contributed by atoms with E-state index in [1.165, 1.54) is 11.8 Å². The highest BCUT2D eigenvalue weighted by molar-refractivity contribution is 8.16. The van der Waals surface area contributed by atoms with Crippen molar-refractivity contribution in [3.05, 3.63) is 12.0 Å². The van der Waals surface area contributed by atoms with Gasteiger partial charge < -0.3 is 15.4 Å². The highest BCUT2D eigenvalue weighted by atomic mass is 32.2. The number of hydrogen-bond acceptors (Lipinski definition) is 4. The third-order valence-corrected chi connectivity index (χ3v) is 4.87. The molecule has 23 heavy (non-hydrogen) atoms. The minimum Gasteiger partial charge on any atom is -0.332 e. The highest BCUT2D eigenvalue weighted by Crippen LogP contribution is 2.33. The number of hydrogen-bond donors (Lipinski definition) is 3. The Morgan fingerprint density at radius 3 is 2.43 bits per heavy atom. The molecule has 130 valence electrons. The molecular formula is C17H29N3O2S. The van der Waals surface area contributed by atoms with Gasteiger partial charge in [-0.15, -0.1) is 0 Å². The summed E-state index contributed by atoms with van der Waals surface area (Å²) in [5.41, 5.74) is -0.717. The Hall–Kier alpha value is -1.30. The van der Waals surface area contributed by atoms with Crippen LogP contribution in [0.4, 0.5) is 4.79 Å². The zero-order valence-electron chi connectivity index (χ0n) is 14.4. The second-order valence-electron chi connectivity index (χ2n) is 7.30. The van der Waals surface area contributed by atoms with Crippen LogP contribution in [0, 0.1) is 10.8 Å². The molecule has 0 saturated heterocycles. The summed E-state index contributed by atoms with van der Waals surface area (Å²) in [5, 5.41) is 16.0. The van der Waals surface area contributed by atoms with Crippen LogP contribution >= 0.6 is 11.8 Å². The Balaban J connectivity index is 2.76. The van der Waals surface area contributed by atoms with Gasteiger partial charge in [0.05, 0.1) is 11.1 Å². The van der Waals surface area contributed by atoms with Gasteiger partial charge >= 0.3 is 6.03 Å². The van der Waals surface area contributed by atoms with Crippen molar-refractivity contribution in [3.8, 4) is 0 Å². The molecule has 0 spiro atoms. The number of amides is 2. The van der Waals surface area contributed by atoms with E-state index in [9.17, 15) is 9.59 Å². The molecule has 0 heterocycles. The first-order valence-electron chi connectivity index (χ1n) is 8.11. The van der Waals surface area contributed by atoms with E-state index in [-0.39, 0.29) is 17.0 Å². The fourth-order valence-electron chi connectivity index (χ4n) is 2.90. The average molecular weight is 340 g/mol. The molecule has 5 nitrogen and oxygen atoms in total. The molecule has 1 atom stereocenters. The Morgan fingerprint density at radius 2 is 1.96 bits per heavy atom. The lowest BCUT2D eigenvalue weighted by molar-refractivity contribution is -0.111. The van der Waals surface area contributed by atoms with Crippen LogP contribution in [0.15, 0.2) is 12.0 Å². The Bertz CT molecular complexity index is 451. The van der Waals surface area contributed by atoms with E-state index >= 15 is 0 Å². The summed E-state index contributed by atoms with van der Waals surface area (Å²) in [6, 6.07) is -0.861. The zero-order valence-corrected chi connectivity index (χ0v) is 15.2. The number of carbonyl (C=O) groups excluding carboxylic acids is 2. The minimum atomic E-state index is -0.537. The number of nitrogens with one attached hydrogen (secondary N) is 3. The third kappa shape index (κ3) is 6.37. The van der Waals surface area contributed by atoms with Crippen molar-refractivity contribution in [2.45, 2.75) is 70.9 Å². The summed E-state index contributed by atoms with van der Waals surface area (Å²) >= 11 is 1.29. The molecule has 0 aliphatic heterocycles. The quantitative estimate of drug-likeness (QED) is 0.390. The molecule has 1 rings (SSSR count). The first-order chi connectivity index (χ1) is 10.7. The van der Waals surface area contributed by atoms with Gasteiger partial charge in [-0.3, -0.25) is 5.41 Å². The Labute approximate surface area is 143 Å². The summed E-state index contributed by atoms with van der Waals surface area (Å²) in [6.45, 7) is 9.39. The van der Waals surface area contributed by atoms with E-state index in [0.717, 1.165) is 38.4 Å². The molecule has 6 heteroatoms. The summed E-state index contributed by atoms with van der Waals surface area (Å²) in [4.78, 5) is 23.6. The minimum absolute atomic E-state index is 0.324. The topological polar surface area (TPSA) is 82.1 Å². The molecule has 2 amide bonds. The van der Waals surface area contributed by atoms with Crippen molar-refractivity contribution < 1.29 is 9.59 Å². The van der Waals surface area contributed by atoms with E-state index < -0.39 is 6.04 Å². The lowest BCUT2D eigenvalue weighted by atomic mass is 9.79. The van der Waals surface area contributed by atoms with E-state index in [0.29, 0.717) is 11.5 Å². The van der Waals surface area contributed by atoms with E-state index in [1.54, 1.807) is 5.41 Å². The molecule has 0 aromatic rings. The first-order valence-corrected chi connectivity index (χ1v) is 8.99. The van der Waals surface area contributed by atoms with Crippen LogP contribution in [-0.4, -0.2) is 28.9 Å². The van der Waals surface area contributed by atoms with Crippen molar-refractivity contribution in [2.24, 2.45) is 5.41 Å². The second kappa shape index (κ2) is 8.52. The predicted octanol–water partition coefficient (Wildman–Crippen LogP) is 3.85. The van der Waals surface area contributed by atoms with Gasteiger partial charge in [0.2, 0.25) is 0 Å². The molecule has 1 unspecified atom stereocenters. The van der Waals surface area contributed by atoms with Gasteiger partial charge in [0, 0.05) is 12.0 Å². The van der Waals surface area contributed by atoms with Gasteiger partial charge in [0.25, 0.3) is 0 Å². The van der Waals surface area contributed by atoms with Gasteiger partial charge in [0.15, 0.2) is 0 Å². The van der Waals surface area contributed by atoms with E-state index in [1.807, 2.05) is 20.8 Å². The zero-order chi connectivity index (χ0) is 17.5. The van der Waals surface area contributed by atoms with Gasteiger partial charge in [-0.25, -0.2) is 4.79 Å². The van der Waals surface area contributed by atoms with Crippen molar-refractivity contribution in [3.63, 3.8) is 0 Å². The molecule has 1 aliphatic carbocycles. The van der Waals surface area contributed by atoms with Crippen LogP contribution in [-0.2, 0) is 4.79 Å². The molecule has 0 radical (unpaired) electrons. The third-order valence-electron chi connectivity index (χ3n) is 4.27. The van der Waals surface area contributed by atoms with Crippen LogP contribution in [0.1, 0.15) is 59.3 Å². The molecule has 0 aromatic carbocycles. The van der Waals surface area contributed by atoms with Crippen molar-refractivity contribution in [1.82, 2.24) is 10.6 Å². The normalized spacial score (nSPS) is 18.6. The standard InChI is InChI=1S/C17H29N3O2S/c1-5-23-14(18)11-17(9-7-6-8-10-17)20-15(22)19-13(12-21)16(2,3)4/h5,12-13,18H,1,6-11H2,2-4H3,(H2,19,20,22). The monoisotopic (exact) mass is 339 g/mol. The van der Waals surface area contributed by atoms with Gasteiger partial charge in [-0.1, -0.05) is 58.4 Å². The number of carbonyl (C=O) groups is 2. The Kier molecular flexibility index (Phi) is 7.32. The van der Waals surface area contributed by atoms with Gasteiger partial charge in [-0.05, 0) is 23.7 Å². The number of aldehydes is 1. The molecule has 1 saturated carbocycles. The van der Waals surface area contributed by atoms with Crippen LogP contribution in [0.25, 0.3) is 0 Å². The maximum atomic E-state index is 12.4. The van der Waals surface area contributed by atoms with E-state index in [2.05, 4.69) is 17.2 Å². The SMILES string of the molecule is C=CSC(=N)CC1(NC(=O)NC(C=O)C(C)(C)C)CCCCC1. The fourth-order valence-corrected chi connectivity index (χ4v) is 3.46. The lowest BCUT2D eigenvalue weighted by Gasteiger charge is -2.39. The molecule has 0 bridgehead atoms. The van der Waals surface area contributed by atoms with Gasteiger partial charge in [-0.2, -0.15) is 0 Å². The van der Waals surface area contributed by atoms with E-state index in [4.69, 9.17) is 5.41 Å². The van der Waals surface area contributed by atoms with Crippen molar-refractivity contribution in [1.29, 1.82) is 5.41 Å². The van der Waals surface area contributed by atoms with Crippen LogP contribution in [0.5, 0.6) is 0 Å². The summed E-state index contributed by atoms with van der Waals surface area (Å²) < 4.78 is 0. The van der Waals surface area contributed by atoms with Crippen molar-refractivity contribution >= 4 is 29.1 Å². The molecular weight excluding hydrogens is 310 g/mol. The number of thioether (sulfide) groups is 1. The smallest absolute Gasteiger partial charge is 0.315 e. The first kappa shape index (κ1) is 19.7. The average Bonchev–Trinajstić information content (AvgIpc) is 2.44. The van der Waals surface area contributed by atoms with Gasteiger partial charge in [0.1, 0.15) is 6.29 Å². The Morgan fingerprint density at radius 1 is 1.35 bits per heavy atom. The molecule has 0 aromatic heterocycles. The summed E-state index contributed by atoms with van der Waals surface area (Å²) in [6.07, 6.45) is 6.27. The maximum absolute atomic E-state index is 12.4. The number of rotatable bonds is 6. The summed E-state index contributed by atoms with van der Waals surface area (Å²) in [5.74, 6) is 0. The molecule has 3 N–H and O–H groups in total. The predicted molar refractivity (Wildman–Crippen MR) is 96.9 cm³/mol. The highest BCUT2D eigenvalue weighted by Gasteiger charge is 2.36. The lowest BCUT2D eigenvalue weighted by Crippen LogP contribution is -2.57. The molecule has 1 fully saturated rings. The van der Waals surface area contributed by atoms with Crippen LogP contribution in [0.3, 0.4) is 0 Å². The fraction of sp³-hybridized carbons (Fsp3) is 0.706. The van der Waals surface area contributed by atoms with Crippen LogP contribution < -0.4 is 10.6 Å². The van der Waals surface area contributed by atoms with Crippen LogP contribution in [0.2, 0.25) is 0 Å². The number of urea groups is 1. The second-order valence-corrected chi connectivity index (χ2v) is 8.37. The largest absolute Gasteiger partial charge is 0.332 e.